The highest BCUT2D eigenvalue weighted by atomic mass is 35.5. The maximum Gasteiger partial charge on any atom is 0.224 e. The Labute approximate surface area is 98.6 Å². The summed E-state index contributed by atoms with van der Waals surface area (Å²) in [6.45, 7) is 0. The maximum absolute atomic E-state index is 11.3. The molecule has 1 aromatic carbocycles. The van der Waals surface area contributed by atoms with E-state index >= 15 is 0 Å². The van der Waals surface area contributed by atoms with E-state index in [1.165, 1.54) is 0 Å². The van der Waals surface area contributed by atoms with Gasteiger partial charge in [0.1, 0.15) is 0 Å². The standard InChI is InChI=1S/C11H13ClN2O2/c12-8-3-1-2-7(6-8)9(11(14)16)4-5-10(13)15/h1-3,6,9H,4-5H2,(H2,13,15)(H2,14,16). The molecular weight excluding hydrogens is 228 g/mol. The number of amides is 2. The first-order chi connectivity index (χ1) is 7.50. The van der Waals surface area contributed by atoms with E-state index in [9.17, 15) is 9.59 Å². The molecule has 5 heteroatoms. The van der Waals surface area contributed by atoms with Gasteiger partial charge in [-0.15, -0.1) is 0 Å². The minimum Gasteiger partial charge on any atom is -0.370 e. The van der Waals surface area contributed by atoms with Crippen LogP contribution in [0.25, 0.3) is 0 Å². The van der Waals surface area contributed by atoms with Crippen molar-refractivity contribution in [2.24, 2.45) is 11.5 Å². The maximum atomic E-state index is 11.3. The molecule has 0 heterocycles. The molecule has 1 atom stereocenters. The molecule has 0 bridgehead atoms. The molecule has 2 amide bonds. The second-order valence-corrected chi connectivity index (χ2v) is 3.95. The second-order valence-electron chi connectivity index (χ2n) is 3.51. The summed E-state index contributed by atoms with van der Waals surface area (Å²) in [4.78, 5) is 21.9. The summed E-state index contributed by atoms with van der Waals surface area (Å²) in [6, 6.07) is 6.86. The molecule has 86 valence electrons. The van der Waals surface area contributed by atoms with E-state index in [2.05, 4.69) is 0 Å². The van der Waals surface area contributed by atoms with Crippen LogP contribution in [-0.2, 0) is 9.59 Å². The van der Waals surface area contributed by atoms with Gasteiger partial charge in [-0.25, -0.2) is 0 Å². The summed E-state index contributed by atoms with van der Waals surface area (Å²) in [6.07, 6.45) is 0.436. The van der Waals surface area contributed by atoms with Crippen LogP contribution >= 0.6 is 11.6 Å². The zero-order valence-corrected chi connectivity index (χ0v) is 9.41. The fourth-order valence-electron chi connectivity index (χ4n) is 1.48. The summed E-state index contributed by atoms with van der Waals surface area (Å²) in [5, 5.41) is 0.530. The van der Waals surface area contributed by atoms with Gasteiger partial charge in [-0.05, 0) is 24.1 Å². The van der Waals surface area contributed by atoms with Gasteiger partial charge in [0.05, 0.1) is 5.92 Å². The molecule has 0 saturated carbocycles. The van der Waals surface area contributed by atoms with Crippen LogP contribution in [0.3, 0.4) is 0 Å². The molecule has 0 aliphatic carbocycles. The van der Waals surface area contributed by atoms with Crippen molar-refractivity contribution in [2.75, 3.05) is 0 Å². The smallest absolute Gasteiger partial charge is 0.224 e. The number of carbonyl (C=O) groups is 2. The van der Waals surface area contributed by atoms with Crippen molar-refractivity contribution in [2.45, 2.75) is 18.8 Å². The monoisotopic (exact) mass is 240 g/mol. The Morgan fingerprint density at radius 1 is 1.31 bits per heavy atom. The first kappa shape index (κ1) is 12.5. The summed E-state index contributed by atoms with van der Waals surface area (Å²) in [7, 11) is 0. The number of carbonyl (C=O) groups excluding carboxylic acids is 2. The van der Waals surface area contributed by atoms with E-state index in [4.69, 9.17) is 23.1 Å². The number of rotatable bonds is 5. The molecule has 0 aliphatic heterocycles. The van der Waals surface area contributed by atoms with Gasteiger partial charge in [0.15, 0.2) is 0 Å². The lowest BCUT2D eigenvalue weighted by Crippen LogP contribution is -2.23. The van der Waals surface area contributed by atoms with Gasteiger partial charge in [0.2, 0.25) is 11.8 Å². The van der Waals surface area contributed by atoms with Gasteiger partial charge in [0, 0.05) is 11.4 Å². The van der Waals surface area contributed by atoms with Gasteiger partial charge in [-0.1, -0.05) is 23.7 Å². The van der Waals surface area contributed by atoms with Crippen molar-refractivity contribution in [3.05, 3.63) is 34.9 Å². The highest BCUT2D eigenvalue weighted by Crippen LogP contribution is 2.23. The van der Waals surface area contributed by atoms with Crippen LogP contribution in [0.1, 0.15) is 24.3 Å². The Morgan fingerprint density at radius 3 is 2.50 bits per heavy atom. The molecule has 0 fully saturated rings. The van der Waals surface area contributed by atoms with Crippen LogP contribution in [0, 0.1) is 0 Å². The highest BCUT2D eigenvalue weighted by Gasteiger charge is 2.18. The zero-order valence-electron chi connectivity index (χ0n) is 8.65. The SMILES string of the molecule is NC(=O)CCC(C(N)=O)c1cccc(Cl)c1. The Hall–Kier alpha value is -1.55. The molecule has 1 rings (SSSR count). The summed E-state index contributed by atoms with van der Waals surface area (Å²) in [5.74, 6) is -1.46. The van der Waals surface area contributed by atoms with E-state index in [1.807, 2.05) is 0 Å². The summed E-state index contributed by atoms with van der Waals surface area (Å²) >= 11 is 5.81. The Bertz CT molecular complexity index is 407. The predicted molar refractivity (Wildman–Crippen MR) is 61.8 cm³/mol. The number of hydrogen-bond donors (Lipinski definition) is 2. The van der Waals surface area contributed by atoms with Crippen LogP contribution in [0.5, 0.6) is 0 Å². The van der Waals surface area contributed by atoms with Crippen molar-refractivity contribution in [3.8, 4) is 0 Å². The van der Waals surface area contributed by atoms with E-state index < -0.39 is 17.7 Å². The second kappa shape index (κ2) is 5.51. The van der Waals surface area contributed by atoms with Gasteiger partial charge < -0.3 is 11.5 Å². The average Bonchev–Trinajstić information content (AvgIpc) is 2.17. The lowest BCUT2D eigenvalue weighted by molar-refractivity contribution is -0.120. The van der Waals surface area contributed by atoms with Crippen LogP contribution in [0.2, 0.25) is 5.02 Å². The fourth-order valence-corrected chi connectivity index (χ4v) is 1.68. The van der Waals surface area contributed by atoms with Crippen molar-refractivity contribution in [1.29, 1.82) is 0 Å². The molecule has 4 N–H and O–H groups in total. The summed E-state index contributed by atoms with van der Waals surface area (Å²) in [5.41, 5.74) is 11.0. The molecule has 1 aromatic rings. The van der Waals surface area contributed by atoms with Gasteiger partial charge in [0.25, 0.3) is 0 Å². The van der Waals surface area contributed by atoms with Crippen LogP contribution in [0.15, 0.2) is 24.3 Å². The molecule has 0 aliphatic rings. The third-order valence-electron chi connectivity index (χ3n) is 2.27. The van der Waals surface area contributed by atoms with E-state index in [0.29, 0.717) is 17.0 Å². The number of benzene rings is 1. The number of nitrogens with two attached hydrogens (primary N) is 2. The quantitative estimate of drug-likeness (QED) is 0.810. The summed E-state index contributed by atoms with van der Waals surface area (Å²) < 4.78 is 0. The normalized spacial score (nSPS) is 12.1. The Kier molecular flexibility index (Phi) is 4.31. The lowest BCUT2D eigenvalue weighted by atomic mass is 9.93. The van der Waals surface area contributed by atoms with Gasteiger partial charge in [-0.3, -0.25) is 9.59 Å². The van der Waals surface area contributed by atoms with Crippen molar-refractivity contribution >= 4 is 23.4 Å². The van der Waals surface area contributed by atoms with Crippen LogP contribution < -0.4 is 11.5 Å². The first-order valence-corrected chi connectivity index (χ1v) is 5.21. The zero-order chi connectivity index (χ0) is 12.1. The third-order valence-corrected chi connectivity index (χ3v) is 2.51. The van der Waals surface area contributed by atoms with Crippen molar-refractivity contribution in [1.82, 2.24) is 0 Å². The largest absolute Gasteiger partial charge is 0.370 e. The first-order valence-electron chi connectivity index (χ1n) is 4.84. The predicted octanol–water partition coefficient (Wildman–Crippen LogP) is 1.17. The molecule has 16 heavy (non-hydrogen) atoms. The fraction of sp³-hybridized carbons (Fsp3) is 0.273. The van der Waals surface area contributed by atoms with E-state index in [1.54, 1.807) is 24.3 Å². The molecule has 0 spiro atoms. The van der Waals surface area contributed by atoms with Crippen LogP contribution in [0.4, 0.5) is 0 Å². The van der Waals surface area contributed by atoms with Gasteiger partial charge in [-0.2, -0.15) is 0 Å². The molecule has 0 radical (unpaired) electrons. The number of hydrogen-bond acceptors (Lipinski definition) is 2. The minimum atomic E-state index is -0.522. The average molecular weight is 241 g/mol. The molecule has 0 aromatic heterocycles. The van der Waals surface area contributed by atoms with E-state index in [-0.39, 0.29) is 6.42 Å². The van der Waals surface area contributed by atoms with Crippen LogP contribution in [-0.4, -0.2) is 11.8 Å². The van der Waals surface area contributed by atoms with Crippen molar-refractivity contribution < 1.29 is 9.59 Å². The minimum absolute atomic E-state index is 0.125. The molecule has 1 unspecified atom stereocenters. The molecular formula is C11H13ClN2O2. The molecule has 4 nitrogen and oxygen atoms in total. The topological polar surface area (TPSA) is 86.2 Å². The molecule has 0 saturated heterocycles. The Balaban J connectivity index is 2.85. The van der Waals surface area contributed by atoms with E-state index in [0.717, 1.165) is 0 Å². The van der Waals surface area contributed by atoms with Gasteiger partial charge >= 0.3 is 0 Å². The number of primary amides is 2. The Morgan fingerprint density at radius 2 is 2.00 bits per heavy atom. The number of halogens is 1. The highest BCUT2D eigenvalue weighted by molar-refractivity contribution is 6.30. The third kappa shape index (κ3) is 3.55. The van der Waals surface area contributed by atoms with Crippen molar-refractivity contribution in [3.63, 3.8) is 0 Å². The lowest BCUT2D eigenvalue weighted by Gasteiger charge is -2.12.